The second-order valence-electron chi connectivity index (χ2n) is 5.05. The van der Waals surface area contributed by atoms with E-state index in [1.54, 1.807) is 24.3 Å². The Kier molecular flexibility index (Phi) is 5.94. The molecule has 22 heavy (non-hydrogen) atoms. The lowest BCUT2D eigenvalue weighted by Gasteiger charge is -2.15. The van der Waals surface area contributed by atoms with Crippen molar-refractivity contribution >= 4 is 22.6 Å². The third kappa shape index (κ3) is 4.30. The van der Waals surface area contributed by atoms with Gasteiger partial charge in [0.2, 0.25) is 11.8 Å². The molecule has 6 nitrogen and oxygen atoms in total. The summed E-state index contributed by atoms with van der Waals surface area (Å²) in [6, 6.07) is 6.34. The maximum Gasteiger partial charge on any atom is 0.242 e. The zero-order valence-corrected chi connectivity index (χ0v) is 13.3. The van der Waals surface area contributed by atoms with Crippen molar-refractivity contribution in [1.29, 1.82) is 0 Å². The van der Waals surface area contributed by atoms with E-state index in [4.69, 9.17) is 4.74 Å². The largest absolute Gasteiger partial charge is 0.495 e. The fraction of sp³-hybridized carbons (Fsp3) is 0.467. The van der Waals surface area contributed by atoms with Crippen molar-refractivity contribution in [2.75, 3.05) is 19.4 Å². The Morgan fingerprint density at radius 1 is 1.41 bits per heavy atom. The van der Waals surface area contributed by atoms with Gasteiger partial charge < -0.3 is 15.4 Å². The molecule has 0 unspecified atom stereocenters. The first-order valence-corrected chi connectivity index (χ1v) is 8.52. The smallest absolute Gasteiger partial charge is 0.242 e. The van der Waals surface area contributed by atoms with E-state index in [-0.39, 0.29) is 11.7 Å². The molecule has 0 radical (unpaired) electrons. The summed E-state index contributed by atoms with van der Waals surface area (Å²) >= 11 is 0. The van der Waals surface area contributed by atoms with E-state index in [2.05, 4.69) is 10.6 Å². The van der Waals surface area contributed by atoms with Crippen molar-refractivity contribution in [3.63, 3.8) is 0 Å². The molecule has 2 atom stereocenters. The summed E-state index contributed by atoms with van der Waals surface area (Å²) in [7, 11) is -0.0216. The SMILES string of the molecule is COc1ccccc1[S@@](=O)CC(=O)N[C@@H]1CCCCNC1=O. The van der Waals surface area contributed by atoms with E-state index in [0.717, 1.165) is 12.8 Å². The minimum atomic E-state index is -1.51. The van der Waals surface area contributed by atoms with Gasteiger partial charge in [0.05, 0.1) is 22.8 Å². The van der Waals surface area contributed by atoms with Gasteiger partial charge in [0.25, 0.3) is 0 Å². The van der Waals surface area contributed by atoms with Gasteiger partial charge in [0.1, 0.15) is 17.5 Å². The number of amides is 2. The molecule has 1 fully saturated rings. The summed E-state index contributed by atoms with van der Waals surface area (Å²) in [5, 5.41) is 5.42. The third-order valence-electron chi connectivity index (χ3n) is 3.45. The lowest BCUT2D eigenvalue weighted by molar-refractivity contribution is -0.127. The van der Waals surface area contributed by atoms with Crippen LogP contribution in [-0.4, -0.2) is 41.5 Å². The molecule has 0 saturated carbocycles. The van der Waals surface area contributed by atoms with Crippen LogP contribution in [0.1, 0.15) is 19.3 Å². The van der Waals surface area contributed by atoms with Crippen LogP contribution in [0.4, 0.5) is 0 Å². The van der Waals surface area contributed by atoms with E-state index < -0.39 is 22.7 Å². The van der Waals surface area contributed by atoms with Crippen molar-refractivity contribution in [1.82, 2.24) is 10.6 Å². The average Bonchev–Trinajstić information content (AvgIpc) is 2.72. The molecule has 2 amide bonds. The molecule has 120 valence electrons. The summed E-state index contributed by atoms with van der Waals surface area (Å²) in [6.07, 6.45) is 2.39. The highest BCUT2D eigenvalue weighted by Crippen LogP contribution is 2.21. The molecule has 7 heteroatoms. The van der Waals surface area contributed by atoms with Gasteiger partial charge in [-0.3, -0.25) is 13.8 Å². The maximum absolute atomic E-state index is 12.3. The van der Waals surface area contributed by atoms with Crippen LogP contribution in [0.25, 0.3) is 0 Å². The molecule has 2 N–H and O–H groups in total. The highest BCUT2D eigenvalue weighted by atomic mass is 32.2. The predicted octanol–water partition coefficient (Wildman–Crippen LogP) is 0.588. The highest BCUT2D eigenvalue weighted by Gasteiger charge is 2.23. The Labute approximate surface area is 132 Å². The van der Waals surface area contributed by atoms with Crippen LogP contribution in [0.2, 0.25) is 0 Å². The molecule has 1 heterocycles. The fourth-order valence-electron chi connectivity index (χ4n) is 2.32. The van der Waals surface area contributed by atoms with Crippen molar-refractivity contribution in [3.8, 4) is 5.75 Å². The molecule has 0 bridgehead atoms. The fourth-order valence-corrected chi connectivity index (χ4v) is 3.40. The lowest BCUT2D eigenvalue weighted by Crippen LogP contribution is -2.46. The number of rotatable bonds is 5. The van der Waals surface area contributed by atoms with Gasteiger partial charge in [-0.05, 0) is 31.4 Å². The van der Waals surface area contributed by atoms with Crippen LogP contribution in [0.5, 0.6) is 5.75 Å². The van der Waals surface area contributed by atoms with E-state index in [1.807, 2.05) is 0 Å². The second-order valence-corrected chi connectivity index (χ2v) is 6.47. The van der Waals surface area contributed by atoms with Gasteiger partial charge in [-0.2, -0.15) is 0 Å². The quantitative estimate of drug-likeness (QED) is 0.830. The lowest BCUT2D eigenvalue weighted by atomic mass is 10.1. The Morgan fingerprint density at radius 2 is 2.18 bits per heavy atom. The minimum absolute atomic E-state index is 0.172. The second kappa shape index (κ2) is 7.93. The number of para-hydroxylation sites is 1. The van der Waals surface area contributed by atoms with Crippen LogP contribution in [0.3, 0.4) is 0 Å². The number of hydrogen-bond donors (Lipinski definition) is 2. The molecular weight excluding hydrogens is 304 g/mol. The van der Waals surface area contributed by atoms with Crippen LogP contribution >= 0.6 is 0 Å². The summed E-state index contributed by atoms with van der Waals surface area (Å²) in [4.78, 5) is 24.3. The normalized spacial score (nSPS) is 19.7. The number of ether oxygens (including phenoxy) is 1. The molecule has 1 aliphatic heterocycles. The molecule has 1 aromatic rings. The molecule has 0 aromatic heterocycles. The van der Waals surface area contributed by atoms with Crippen molar-refractivity contribution in [2.24, 2.45) is 0 Å². The van der Waals surface area contributed by atoms with E-state index in [9.17, 15) is 13.8 Å². The van der Waals surface area contributed by atoms with E-state index in [0.29, 0.717) is 23.6 Å². The number of carbonyl (C=O) groups is 2. The molecule has 0 aliphatic carbocycles. The van der Waals surface area contributed by atoms with Gasteiger partial charge >= 0.3 is 0 Å². The van der Waals surface area contributed by atoms with Gasteiger partial charge in [-0.15, -0.1) is 0 Å². The number of carbonyl (C=O) groups excluding carboxylic acids is 2. The number of methoxy groups -OCH3 is 1. The first-order chi connectivity index (χ1) is 10.6. The number of hydrogen-bond acceptors (Lipinski definition) is 4. The molecule has 2 rings (SSSR count). The zero-order valence-electron chi connectivity index (χ0n) is 12.5. The number of nitrogens with one attached hydrogen (secondary N) is 2. The average molecular weight is 324 g/mol. The van der Waals surface area contributed by atoms with Crippen LogP contribution in [-0.2, 0) is 20.4 Å². The van der Waals surface area contributed by atoms with E-state index >= 15 is 0 Å². The Hall–Kier alpha value is -1.89. The molecule has 1 saturated heterocycles. The standard InChI is InChI=1S/C15H20N2O4S/c1-21-12-7-2-3-8-13(12)22(20)10-14(18)17-11-6-4-5-9-16-15(11)19/h2-3,7-8,11H,4-6,9-10H2,1H3,(H,16,19)(H,17,18)/t11-,22+/m1/s1. The van der Waals surface area contributed by atoms with Crippen LogP contribution in [0, 0.1) is 0 Å². The molecule has 0 spiro atoms. The summed E-state index contributed by atoms with van der Waals surface area (Å²) in [6.45, 7) is 0.637. The van der Waals surface area contributed by atoms with Crippen molar-refractivity contribution < 1.29 is 18.5 Å². The molecule has 1 aliphatic rings. The van der Waals surface area contributed by atoms with Crippen LogP contribution in [0.15, 0.2) is 29.2 Å². The van der Waals surface area contributed by atoms with Crippen LogP contribution < -0.4 is 15.4 Å². The maximum atomic E-state index is 12.3. The van der Waals surface area contributed by atoms with Crippen molar-refractivity contribution in [3.05, 3.63) is 24.3 Å². The predicted molar refractivity (Wildman–Crippen MR) is 83.1 cm³/mol. The third-order valence-corrected chi connectivity index (χ3v) is 4.80. The zero-order chi connectivity index (χ0) is 15.9. The summed E-state index contributed by atoms with van der Waals surface area (Å²) < 4.78 is 17.4. The summed E-state index contributed by atoms with van der Waals surface area (Å²) in [5.41, 5.74) is 0. The number of benzene rings is 1. The topological polar surface area (TPSA) is 84.5 Å². The first-order valence-electron chi connectivity index (χ1n) is 7.20. The highest BCUT2D eigenvalue weighted by molar-refractivity contribution is 7.85. The molecular formula is C15H20N2O4S. The summed E-state index contributed by atoms with van der Waals surface area (Å²) in [5.74, 6) is -0.273. The van der Waals surface area contributed by atoms with Gasteiger partial charge in [0, 0.05) is 6.54 Å². The van der Waals surface area contributed by atoms with Crippen molar-refractivity contribution in [2.45, 2.75) is 30.2 Å². The Morgan fingerprint density at radius 3 is 2.95 bits per heavy atom. The molecule has 1 aromatic carbocycles. The van der Waals surface area contributed by atoms with Gasteiger partial charge in [-0.25, -0.2) is 0 Å². The first kappa shape index (κ1) is 16.5. The Bertz CT molecular complexity index is 576. The van der Waals surface area contributed by atoms with Gasteiger partial charge in [0.15, 0.2) is 0 Å². The van der Waals surface area contributed by atoms with Gasteiger partial charge in [-0.1, -0.05) is 12.1 Å². The monoisotopic (exact) mass is 324 g/mol. The minimum Gasteiger partial charge on any atom is -0.495 e. The Balaban J connectivity index is 1.96. The van der Waals surface area contributed by atoms with E-state index in [1.165, 1.54) is 7.11 Å².